The lowest BCUT2D eigenvalue weighted by atomic mass is 10.2. The third kappa shape index (κ3) is 4.01. The van der Waals surface area contributed by atoms with E-state index in [-0.39, 0.29) is 34.4 Å². The standard InChI is InChI=1S/C13H12ClN5O6/c1-7-12(14)13(19(23)24)16-17(7)6-11(20)15-8-3-9(18(21)22)5-10(4-8)25-2/h3-5H,6H2,1-2H3,(H,15,20). The van der Waals surface area contributed by atoms with Gasteiger partial charge in [0.05, 0.1) is 34.6 Å². The van der Waals surface area contributed by atoms with Gasteiger partial charge < -0.3 is 20.2 Å². The van der Waals surface area contributed by atoms with Gasteiger partial charge in [-0.1, -0.05) is 11.6 Å². The van der Waals surface area contributed by atoms with Gasteiger partial charge in [0.1, 0.15) is 12.3 Å². The van der Waals surface area contributed by atoms with Crippen LogP contribution in [0.15, 0.2) is 18.2 Å². The molecule has 1 aromatic carbocycles. The fraction of sp³-hybridized carbons (Fsp3) is 0.231. The molecule has 0 aliphatic rings. The molecule has 1 aromatic heterocycles. The van der Waals surface area contributed by atoms with E-state index >= 15 is 0 Å². The average molecular weight is 370 g/mol. The highest BCUT2D eigenvalue weighted by Crippen LogP contribution is 2.27. The zero-order chi connectivity index (χ0) is 18.7. The Labute approximate surface area is 145 Å². The topological polar surface area (TPSA) is 142 Å². The molecule has 0 saturated heterocycles. The van der Waals surface area contributed by atoms with Gasteiger partial charge in [0.25, 0.3) is 5.69 Å². The van der Waals surface area contributed by atoms with E-state index in [1.165, 1.54) is 26.2 Å². The van der Waals surface area contributed by atoms with Crippen molar-refractivity contribution < 1.29 is 19.4 Å². The van der Waals surface area contributed by atoms with Crippen LogP contribution in [0.3, 0.4) is 0 Å². The summed E-state index contributed by atoms with van der Waals surface area (Å²) in [6, 6.07) is 3.76. The molecular formula is C13H12ClN5O6. The number of rotatable bonds is 6. The van der Waals surface area contributed by atoms with Crippen molar-refractivity contribution in [3.63, 3.8) is 0 Å². The molecule has 25 heavy (non-hydrogen) atoms. The number of nitrogens with zero attached hydrogens (tertiary/aromatic N) is 4. The van der Waals surface area contributed by atoms with Crippen molar-refractivity contribution in [2.75, 3.05) is 12.4 Å². The van der Waals surface area contributed by atoms with E-state index in [4.69, 9.17) is 16.3 Å². The first-order valence-electron chi connectivity index (χ1n) is 6.73. The maximum Gasteiger partial charge on any atom is 0.408 e. The van der Waals surface area contributed by atoms with Crippen LogP contribution >= 0.6 is 11.6 Å². The highest BCUT2D eigenvalue weighted by atomic mass is 35.5. The number of aromatic nitrogens is 2. The number of hydrogen-bond donors (Lipinski definition) is 1. The van der Waals surface area contributed by atoms with Gasteiger partial charge >= 0.3 is 5.82 Å². The lowest BCUT2D eigenvalue weighted by molar-refractivity contribution is -0.389. The molecule has 132 valence electrons. The SMILES string of the molecule is COc1cc(NC(=O)Cn2nc([N+](=O)[O-])c(Cl)c2C)cc([N+](=O)[O-])c1. The molecule has 1 amide bonds. The molecule has 1 heterocycles. The summed E-state index contributed by atoms with van der Waals surface area (Å²) >= 11 is 5.80. The molecule has 11 nitrogen and oxygen atoms in total. The van der Waals surface area contributed by atoms with Crippen molar-refractivity contribution in [1.82, 2.24) is 9.78 Å². The number of benzene rings is 1. The van der Waals surface area contributed by atoms with E-state index in [0.717, 1.165) is 10.7 Å². The quantitative estimate of drug-likeness (QED) is 0.607. The van der Waals surface area contributed by atoms with E-state index in [1.54, 1.807) is 0 Å². The third-order valence-electron chi connectivity index (χ3n) is 3.20. The summed E-state index contributed by atoms with van der Waals surface area (Å²) in [4.78, 5) is 32.4. The highest BCUT2D eigenvalue weighted by molar-refractivity contribution is 6.33. The summed E-state index contributed by atoms with van der Waals surface area (Å²) in [6.45, 7) is 1.12. The Morgan fingerprint density at radius 3 is 2.52 bits per heavy atom. The van der Waals surface area contributed by atoms with Crippen LogP contribution in [0.4, 0.5) is 17.2 Å². The van der Waals surface area contributed by atoms with Crippen LogP contribution in [0, 0.1) is 27.2 Å². The monoisotopic (exact) mass is 369 g/mol. The predicted octanol–water partition coefficient (Wildman–Crippen LogP) is 2.31. The van der Waals surface area contributed by atoms with E-state index in [9.17, 15) is 25.0 Å². The van der Waals surface area contributed by atoms with Crippen molar-refractivity contribution >= 4 is 34.7 Å². The Hall–Kier alpha value is -3.21. The highest BCUT2D eigenvalue weighted by Gasteiger charge is 2.25. The maximum absolute atomic E-state index is 12.1. The van der Waals surface area contributed by atoms with Gasteiger partial charge in [0.15, 0.2) is 5.02 Å². The van der Waals surface area contributed by atoms with Crippen LogP contribution < -0.4 is 10.1 Å². The van der Waals surface area contributed by atoms with Crippen molar-refractivity contribution in [1.29, 1.82) is 0 Å². The fourth-order valence-electron chi connectivity index (χ4n) is 1.99. The van der Waals surface area contributed by atoms with E-state index < -0.39 is 21.6 Å². The van der Waals surface area contributed by atoms with E-state index in [2.05, 4.69) is 10.4 Å². The third-order valence-corrected chi connectivity index (χ3v) is 3.65. The minimum Gasteiger partial charge on any atom is -0.496 e. The molecule has 0 radical (unpaired) electrons. The molecule has 0 bridgehead atoms. The Kier molecular flexibility index (Phi) is 5.17. The lowest BCUT2D eigenvalue weighted by Crippen LogP contribution is -2.20. The van der Waals surface area contributed by atoms with Crippen LogP contribution in [0.2, 0.25) is 5.02 Å². The van der Waals surface area contributed by atoms with Gasteiger partial charge in [0.2, 0.25) is 5.91 Å². The molecule has 2 aromatic rings. The minimum atomic E-state index is -0.755. The molecule has 0 atom stereocenters. The average Bonchev–Trinajstić information content (AvgIpc) is 2.82. The number of ether oxygens (including phenoxy) is 1. The second kappa shape index (κ2) is 7.13. The zero-order valence-corrected chi connectivity index (χ0v) is 13.8. The van der Waals surface area contributed by atoms with Gasteiger partial charge in [-0.05, 0) is 11.8 Å². The molecule has 0 saturated carbocycles. The van der Waals surface area contributed by atoms with Crippen molar-refractivity contribution in [3.05, 3.63) is 49.1 Å². The van der Waals surface area contributed by atoms with Crippen LogP contribution in [-0.2, 0) is 11.3 Å². The van der Waals surface area contributed by atoms with E-state index in [0.29, 0.717) is 0 Å². The number of nitro benzene ring substituents is 1. The number of amides is 1. The lowest BCUT2D eigenvalue weighted by Gasteiger charge is -2.07. The molecule has 0 aliphatic heterocycles. The number of nitro groups is 2. The van der Waals surface area contributed by atoms with E-state index in [1.807, 2.05) is 0 Å². The van der Waals surface area contributed by atoms with Crippen molar-refractivity contribution in [3.8, 4) is 5.75 Å². The molecule has 0 fully saturated rings. The molecule has 0 unspecified atom stereocenters. The Bertz CT molecular complexity index is 865. The van der Waals surface area contributed by atoms with Gasteiger partial charge in [0, 0.05) is 12.1 Å². The van der Waals surface area contributed by atoms with Crippen molar-refractivity contribution in [2.45, 2.75) is 13.5 Å². The number of methoxy groups -OCH3 is 1. The number of carbonyl (C=O) groups excluding carboxylic acids is 1. The second-order valence-electron chi connectivity index (χ2n) is 4.86. The summed E-state index contributed by atoms with van der Waals surface area (Å²) in [6.07, 6.45) is 0. The van der Waals surface area contributed by atoms with Crippen LogP contribution in [0.1, 0.15) is 5.69 Å². The summed E-state index contributed by atoms with van der Waals surface area (Å²) < 4.78 is 6.02. The summed E-state index contributed by atoms with van der Waals surface area (Å²) in [7, 11) is 1.33. The van der Waals surface area contributed by atoms with Gasteiger partial charge in [-0.25, -0.2) is 0 Å². The predicted molar refractivity (Wildman–Crippen MR) is 86.9 cm³/mol. The first-order chi connectivity index (χ1) is 11.7. The summed E-state index contributed by atoms with van der Waals surface area (Å²) in [5.74, 6) is -0.956. The first-order valence-corrected chi connectivity index (χ1v) is 7.11. The van der Waals surface area contributed by atoms with Crippen LogP contribution in [0.5, 0.6) is 5.75 Å². The number of anilines is 1. The number of non-ortho nitro benzene ring substituents is 1. The van der Waals surface area contributed by atoms with Crippen LogP contribution in [-0.4, -0.2) is 32.6 Å². The molecule has 0 spiro atoms. The molecule has 1 N–H and O–H groups in total. The molecular weight excluding hydrogens is 358 g/mol. The van der Waals surface area contributed by atoms with Crippen molar-refractivity contribution in [2.24, 2.45) is 0 Å². The Balaban J connectivity index is 2.21. The first kappa shape index (κ1) is 18.1. The normalized spacial score (nSPS) is 10.4. The van der Waals surface area contributed by atoms with Gasteiger partial charge in [-0.15, -0.1) is 0 Å². The molecule has 2 rings (SSSR count). The smallest absolute Gasteiger partial charge is 0.408 e. The Morgan fingerprint density at radius 1 is 1.32 bits per heavy atom. The van der Waals surface area contributed by atoms with Gasteiger partial charge in [-0.2, -0.15) is 4.68 Å². The number of halogens is 1. The maximum atomic E-state index is 12.1. The zero-order valence-electron chi connectivity index (χ0n) is 13.1. The summed E-state index contributed by atoms with van der Waals surface area (Å²) in [5.41, 5.74) is 0.130. The second-order valence-corrected chi connectivity index (χ2v) is 5.24. The molecule has 12 heteroatoms. The number of hydrogen-bond acceptors (Lipinski definition) is 7. The minimum absolute atomic E-state index is 0.140. The number of nitrogens with one attached hydrogen (secondary N) is 1. The van der Waals surface area contributed by atoms with Gasteiger partial charge in [-0.3, -0.25) is 14.9 Å². The summed E-state index contributed by atoms with van der Waals surface area (Å²) in [5, 5.41) is 27.6. The Morgan fingerprint density at radius 2 is 2.00 bits per heavy atom. The largest absolute Gasteiger partial charge is 0.496 e. The number of carbonyl (C=O) groups is 1. The molecule has 0 aliphatic carbocycles. The van der Waals surface area contributed by atoms with Crippen LogP contribution in [0.25, 0.3) is 0 Å². The fourth-order valence-corrected chi connectivity index (χ4v) is 2.20.